The Bertz CT molecular complexity index is 172. The van der Waals surface area contributed by atoms with E-state index >= 15 is 0 Å². The zero-order chi connectivity index (χ0) is 9.14. The first-order chi connectivity index (χ1) is 5.65. The van der Waals surface area contributed by atoms with Gasteiger partial charge in [-0.1, -0.05) is 6.92 Å². The molecular weight excluding hydrogens is 156 g/mol. The lowest BCUT2D eigenvalue weighted by Gasteiger charge is -2.37. The van der Waals surface area contributed by atoms with Crippen molar-refractivity contribution < 1.29 is 9.53 Å². The summed E-state index contributed by atoms with van der Waals surface area (Å²) in [5.41, 5.74) is 5.23. The van der Waals surface area contributed by atoms with Crippen molar-refractivity contribution in [2.75, 3.05) is 13.2 Å². The lowest BCUT2D eigenvalue weighted by atomic mass is 10.1. The largest absolute Gasteiger partial charge is 0.375 e. The van der Waals surface area contributed by atoms with E-state index in [4.69, 9.17) is 10.5 Å². The van der Waals surface area contributed by atoms with Crippen molar-refractivity contribution >= 4 is 6.03 Å². The summed E-state index contributed by atoms with van der Waals surface area (Å²) < 4.78 is 5.41. The second-order valence-corrected chi connectivity index (χ2v) is 3.20. The number of nitrogens with zero attached hydrogens (tertiary/aromatic N) is 1. The van der Waals surface area contributed by atoms with Crippen LogP contribution in [0.15, 0.2) is 0 Å². The van der Waals surface area contributed by atoms with Crippen LogP contribution in [0.2, 0.25) is 0 Å². The van der Waals surface area contributed by atoms with Gasteiger partial charge in [0.15, 0.2) is 0 Å². The highest BCUT2D eigenvalue weighted by molar-refractivity contribution is 5.72. The van der Waals surface area contributed by atoms with Gasteiger partial charge >= 0.3 is 6.03 Å². The number of rotatable bonds is 1. The molecule has 4 nitrogen and oxygen atoms in total. The topological polar surface area (TPSA) is 55.6 Å². The molecule has 2 unspecified atom stereocenters. The highest BCUT2D eigenvalue weighted by atomic mass is 16.5. The van der Waals surface area contributed by atoms with Crippen LogP contribution in [-0.4, -0.2) is 36.2 Å². The molecule has 2 amide bonds. The van der Waals surface area contributed by atoms with Crippen molar-refractivity contribution in [3.8, 4) is 0 Å². The van der Waals surface area contributed by atoms with E-state index in [0.717, 1.165) is 6.42 Å². The maximum absolute atomic E-state index is 11.0. The van der Waals surface area contributed by atoms with E-state index in [-0.39, 0.29) is 18.2 Å². The van der Waals surface area contributed by atoms with Crippen LogP contribution in [0.1, 0.15) is 20.3 Å². The fourth-order valence-electron chi connectivity index (χ4n) is 1.45. The lowest BCUT2D eigenvalue weighted by Crippen LogP contribution is -2.53. The maximum Gasteiger partial charge on any atom is 0.315 e. The number of hydrogen-bond donors (Lipinski definition) is 1. The van der Waals surface area contributed by atoms with Gasteiger partial charge in [-0.2, -0.15) is 0 Å². The molecule has 1 saturated heterocycles. The van der Waals surface area contributed by atoms with Gasteiger partial charge in [0.1, 0.15) is 0 Å². The molecule has 0 spiro atoms. The molecule has 0 saturated carbocycles. The maximum atomic E-state index is 11.0. The zero-order valence-corrected chi connectivity index (χ0v) is 7.62. The molecule has 1 rings (SSSR count). The molecular formula is C8H16N2O2. The van der Waals surface area contributed by atoms with Crippen LogP contribution in [0.4, 0.5) is 4.79 Å². The van der Waals surface area contributed by atoms with Crippen molar-refractivity contribution in [3.05, 3.63) is 0 Å². The molecule has 12 heavy (non-hydrogen) atoms. The molecule has 0 aromatic rings. The fraction of sp³-hybridized carbons (Fsp3) is 0.875. The molecule has 70 valence electrons. The average Bonchev–Trinajstić information content (AvgIpc) is 2.04. The molecule has 1 fully saturated rings. The predicted octanol–water partition coefficient (Wildman–Crippen LogP) is 0.564. The summed E-state index contributed by atoms with van der Waals surface area (Å²) in [5, 5.41) is 0. The van der Waals surface area contributed by atoms with Gasteiger partial charge in [0, 0.05) is 6.54 Å². The SMILES string of the molecule is CCC1COC(C)CN1C(N)=O. The van der Waals surface area contributed by atoms with Gasteiger partial charge < -0.3 is 15.4 Å². The van der Waals surface area contributed by atoms with E-state index in [1.54, 1.807) is 4.90 Å². The molecule has 2 N–H and O–H groups in total. The number of amides is 2. The molecule has 2 atom stereocenters. The highest BCUT2D eigenvalue weighted by Gasteiger charge is 2.27. The minimum Gasteiger partial charge on any atom is -0.375 e. The van der Waals surface area contributed by atoms with E-state index in [9.17, 15) is 4.79 Å². The second-order valence-electron chi connectivity index (χ2n) is 3.20. The summed E-state index contributed by atoms with van der Waals surface area (Å²) in [7, 11) is 0. The first-order valence-electron chi connectivity index (χ1n) is 4.32. The summed E-state index contributed by atoms with van der Waals surface area (Å²) >= 11 is 0. The Morgan fingerprint density at radius 1 is 1.75 bits per heavy atom. The van der Waals surface area contributed by atoms with Gasteiger partial charge in [-0.3, -0.25) is 0 Å². The van der Waals surface area contributed by atoms with E-state index in [0.29, 0.717) is 13.2 Å². The summed E-state index contributed by atoms with van der Waals surface area (Å²) in [4.78, 5) is 12.7. The van der Waals surface area contributed by atoms with Gasteiger partial charge in [0.25, 0.3) is 0 Å². The highest BCUT2D eigenvalue weighted by Crippen LogP contribution is 2.13. The number of ether oxygens (including phenoxy) is 1. The first kappa shape index (κ1) is 9.32. The van der Waals surface area contributed by atoms with Crippen LogP contribution in [-0.2, 0) is 4.74 Å². The van der Waals surface area contributed by atoms with Crippen LogP contribution in [0.3, 0.4) is 0 Å². The summed E-state index contributed by atoms with van der Waals surface area (Å²) in [6.07, 6.45) is 1.01. The normalized spacial score (nSPS) is 30.3. The molecule has 4 heteroatoms. The van der Waals surface area contributed by atoms with Gasteiger partial charge in [0.2, 0.25) is 0 Å². The Morgan fingerprint density at radius 3 is 2.92 bits per heavy atom. The molecule has 1 aliphatic rings. The van der Waals surface area contributed by atoms with E-state index < -0.39 is 0 Å². The van der Waals surface area contributed by atoms with Gasteiger partial charge in [-0.25, -0.2) is 4.79 Å². The standard InChI is InChI=1S/C8H16N2O2/c1-3-7-5-12-6(2)4-10(7)8(9)11/h6-7H,3-5H2,1-2H3,(H2,9,11). The Balaban J connectivity index is 2.58. The molecule has 0 aromatic heterocycles. The number of morpholine rings is 1. The average molecular weight is 172 g/mol. The minimum atomic E-state index is -0.336. The van der Waals surface area contributed by atoms with Crippen molar-refractivity contribution in [2.45, 2.75) is 32.4 Å². The van der Waals surface area contributed by atoms with E-state index in [2.05, 4.69) is 0 Å². The van der Waals surface area contributed by atoms with E-state index in [1.165, 1.54) is 0 Å². The molecule has 0 radical (unpaired) electrons. The Hall–Kier alpha value is -0.770. The third-order valence-electron chi connectivity index (χ3n) is 2.22. The summed E-state index contributed by atoms with van der Waals surface area (Å²) in [6, 6.07) is -0.171. The number of primary amides is 1. The van der Waals surface area contributed by atoms with E-state index in [1.807, 2.05) is 13.8 Å². The Kier molecular flexibility index (Phi) is 2.92. The van der Waals surface area contributed by atoms with Gasteiger partial charge in [0.05, 0.1) is 18.8 Å². The number of carbonyl (C=O) groups is 1. The lowest BCUT2D eigenvalue weighted by molar-refractivity contribution is -0.0364. The van der Waals surface area contributed by atoms with Crippen molar-refractivity contribution in [2.24, 2.45) is 5.73 Å². The summed E-state index contributed by atoms with van der Waals surface area (Å²) in [6.45, 7) is 5.20. The van der Waals surface area contributed by atoms with Crippen molar-refractivity contribution in [1.29, 1.82) is 0 Å². The quantitative estimate of drug-likeness (QED) is 0.628. The number of hydrogen-bond acceptors (Lipinski definition) is 2. The number of nitrogens with two attached hydrogens (primary N) is 1. The molecule has 0 aromatic carbocycles. The molecule has 0 bridgehead atoms. The van der Waals surface area contributed by atoms with Crippen LogP contribution in [0.25, 0.3) is 0 Å². The Morgan fingerprint density at radius 2 is 2.42 bits per heavy atom. The zero-order valence-electron chi connectivity index (χ0n) is 7.62. The fourth-order valence-corrected chi connectivity index (χ4v) is 1.45. The molecule has 1 aliphatic heterocycles. The van der Waals surface area contributed by atoms with Crippen molar-refractivity contribution in [3.63, 3.8) is 0 Å². The van der Waals surface area contributed by atoms with Crippen LogP contribution < -0.4 is 5.73 Å². The second kappa shape index (κ2) is 3.76. The molecule has 0 aliphatic carbocycles. The van der Waals surface area contributed by atoms with Crippen molar-refractivity contribution in [1.82, 2.24) is 4.90 Å². The Labute approximate surface area is 72.7 Å². The minimum absolute atomic E-state index is 0.111. The smallest absolute Gasteiger partial charge is 0.315 e. The van der Waals surface area contributed by atoms with Gasteiger partial charge in [-0.15, -0.1) is 0 Å². The predicted molar refractivity (Wildman–Crippen MR) is 45.8 cm³/mol. The van der Waals surface area contributed by atoms with Crippen LogP contribution in [0.5, 0.6) is 0 Å². The van der Waals surface area contributed by atoms with Crippen LogP contribution in [0, 0.1) is 0 Å². The summed E-state index contributed by atoms with van der Waals surface area (Å²) in [5.74, 6) is 0. The monoisotopic (exact) mass is 172 g/mol. The molecule has 1 heterocycles. The third kappa shape index (κ3) is 1.88. The van der Waals surface area contributed by atoms with Crippen LogP contribution >= 0.6 is 0 Å². The third-order valence-corrected chi connectivity index (χ3v) is 2.22. The number of urea groups is 1. The van der Waals surface area contributed by atoms with Gasteiger partial charge in [-0.05, 0) is 13.3 Å². The first-order valence-corrected chi connectivity index (χ1v) is 4.32. The number of carbonyl (C=O) groups excluding carboxylic acids is 1.